The van der Waals surface area contributed by atoms with Crippen LogP contribution in [0.15, 0.2) is 5.11 Å². The van der Waals surface area contributed by atoms with Crippen molar-refractivity contribution in [2.24, 2.45) is 5.11 Å². The van der Waals surface area contributed by atoms with E-state index in [0.29, 0.717) is 19.3 Å². The molecule has 0 aromatic rings. The van der Waals surface area contributed by atoms with Crippen LogP contribution in [0.3, 0.4) is 0 Å². The van der Waals surface area contributed by atoms with Gasteiger partial charge in [0.05, 0.1) is 19.8 Å². The third kappa shape index (κ3) is 9.97. The highest BCUT2D eigenvalue weighted by atomic mass is 16.7. The van der Waals surface area contributed by atoms with Crippen molar-refractivity contribution in [3.8, 4) is 0 Å². The monoisotopic (exact) mass is 595 g/mol. The van der Waals surface area contributed by atoms with Crippen LogP contribution in [-0.2, 0) is 42.7 Å². The van der Waals surface area contributed by atoms with Crippen molar-refractivity contribution in [2.45, 2.75) is 106 Å². The Bertz CT molecular complexity index is 861. The summed E-state index contributed by atoms with van der Waals surface area (Å²) in [5.41, 5.74) is 8.63. The number of hydrogen-bond donors (Lipinski definition) is 5. The first-order valence-corrected chi connectivity index (χ1v) is 13.3. The highest BCUT2D eigenvalue weighted by Gasteiger charge is 2.49. The maximum atomic E-state index is 12.5. The van der Waals surface area contributed by atoms with E-state index in [-0.39, 0.29) is 26.1 Å². The van der Waals surface area contributed by atoms with Crippen LogP contribution in [0.25, 0.3) is 10.4 Å². The minimum atomic E-state index is -1.63. The zero-order valence-corrected chi connectivity index (χ0v) is 23.3. The summed E-state index contributed by atoms with van der Waals surface area (Å²) in [4.78, 5) is 27.0. The molecule has 0 spiro atoms. The van der Waals surface area contributed by atoms with Crippen LogP contribution < -0.4 is 0 Å². The first kappa shape index (κ1) is 35.0. The summed E-state index contributed by atoms with van der Waals surface area (Å²) < 4.78 is 36.8. The summed E-state index contributed by atoms with van der Waals surface area (Å²) in [7, 11) is 2.60. The Labute approximate surface area is 236 Å². The van der Waals surface area contributed by atoms with E-state index in [0.717, 1.165) is 0 Å². The number of ether oxygens (including phenoxy) is 7. The van der Waals surface area contributed by atoms with Crippen molar-refractivity contribution in [2.75, 3.05) is 34.0 Å². The Morgan fingerprint density at radius 3 is 2.22 bits per heavy atom. The van der Waals surface area contributed by atoms with Gasteiger partial charge in [0, 0.05) is 25.6 Å². The second-order valence-corrected chi connectivity index (χ2v) is 9.59. The first-order chi connectivity index (χ1) is 19.6. The lowest BCUT2D eigenvalue weighted by Gasteiger charge is -2.43. The van der Waals surface area contributed by atoms with E-state index >= 15 is 0 Å². The molecule has 0 saturated carbocycles. The molecule has 41 heavy (non-hydrogen) atoms. The van der Waals surface area contributed by atoms with E-state index in [4.69, 9.17) is 38.7 Å². The molecule has 0 aromatic carbocycles. The van der Waals surface area contributed by atoms with Gasteiger partial charge in [-0.05, 0) is 25.3 Å². The Kier molecular flexibility index (Phi) is 15.2. The number of esters is 2. The van der Waals surface area contributed by atoms with Gasteiger partial charge in [0.25, 0.3) is 0 Å². The fourth-order valence-electron chi connectivity index (χ4n) is 4.44. The molecule has 2 aliphatic rings. The average molecular weight is 596 g/mol. The molecule has 2 saturated heterocycles. The average Bonchev–Trinajstić information content (AvgIpc) is 2.95. The Morgan fingerprint density at radius 2 is 1.59 bits per heavy atom. The van der Waals surface area contributed by atoms with Crippen molar-refractivity contribution in [1.29, 1.82) is 0 Å². The maximum Gasteiger partial charge on any atom is 0.314 e. The standard InChI is InChI=1S/C24H41N3O14/c1-4-37-22(34)12(26-27-25)8-6-5-7-9-15(28)41-21-17(30)14(39-23(36-3)20(21)33)11-38-24-19(32)18(31)16(29)13(40-24)10-35-2/h12-14,16-21,23-24,29-33H,4-11H2,1-3H3/t12-,13?,14?,16+,17+,18-,19?,20?,21-,23-,24+/m0/s1. The molecule has 2 fully saturated rings. The van der Waals surface area contributed by atoms with Gasteiger partial charge in [0.15, 0.2) is 18.7 Å². The predicted molar refractivity (Wildman–Crippen MR) is 135 cm³/mol. The van der Waals surface area contributed by atoms with E-state index in [1.165, 1.54) is 14.2 Å². The van der Waals surface area contributed by atoms with E-state index in [9.17, 15) is 35.1 Å². The fraction of sp³-hybridized carbons (Fsp3) is 0.917. The smallest absolute Gasteiger partial charge is 0.314 e. The van der Waals surface area contributed by atoms with Gasteiger partial charge >= 0.3 is 11.9 Å². The Hall–Kier alpha value is -2.15. The van der Waals surface area contributed by atoms with E-state index in [1.54, 1.807) is 6.92 Å². The largest absolute Gasteiger partial charge is 0.466 e. The Balaban J connectivity index is 1.89. The van der Waals surface area contributed by atoms with Gasteiger partial charge in [-0.2, -0.15) is 0 Å². The number of carbonyl (C=O) groups excluding carboxylic acids is 2. The molecule has 2 rings (SSSR count). The van der Waals surface area contributed by atoms with Crippen molar-refractivity contribution in [3.05, 3.63) is 10.4 Å². The maximum absolute atomic E-state index is 12.5. The van der Waals surface area contributed by atoms with Crippen LogP contribution in [-0.4, -0.2) is 139 Å². The number of aliphatic hydroxyl groups excluding tert-OH is 5. The molecule has 0 aromatic heterocycles. The van der Waals surface area contributed by atoms with Gasteiger partial charge in [-0.1, -0.05) is 18.0 Å². The number of azide groups is 1. The molecule has 2 aliphatic heterocycles. The summed E-state index contributed by atoms with van der Waals surface area (Å²) in [6.45, 7) is 1.27. The number of hydrogen-bond acceptors (Lipinski definition) is 15. The zero-order valence-electron chi connectivity index (χ0n) is 23.3. The molecular weight excluding hydrogens is 554 g/mol. The minimum Gasteiger partial charge on any atom is -0.466 e. The summed E-state index contributed by atoms with van der Waals surface area (Å²) in [6.07, 6.45) is -12.6. The van der Waals surface area contributed by atoms with Crippen molar-refractivity contribution >= 4 is 11.9 Å². The number of carbonyl (C=O) groups is 2. The molecule has 4 unspecified atom stereocenters. The lowest BCUT2D eigenvalue weighted by Crippen LogP contribution is -2.62. The SMILES string of the molecule is CCOC(=O)[C@H](CCCCCC(=O)O[C@@H]1C(O)[C@@H](OC)OC(CO[C@@H]2OC(COC)[C@@H](O)[C@H](O)C2O)[C@H]1O)N=[N+]=[N-]. The zero-order chi connectivity index (χ0) is 30.5. The van der Waals surface area contributed by atoms with Crippen LogP contribution in [0.1, 0.15) is 39.0 Å². The summed E-state index contributed by atoms with van der Waals surface area (Å²) in [6, 6.07) is -0.955. The van der Waals surface area contributed by atoms with E-state index in [1.807, 2.05) is 0 Å². The summed E-state index contributed by atoms with van der Waals surface area (Å²) in [5, 5.41) is 55.2. The van der Waals surface area contributed by atoms with Crippen LogP contribution in [0, 0.1) is 0 Å². The third-order valence-electron chi connectivity index (χ3n) is 6.67. The molecule has 0 radical (unpaired) electrons. The molecule has 11 atom stereocenters. The van der Waals surface area contributed by atoms with Crippen molar-refractivity contribution in [1.82, 2.24) is 0 Å². The van der Waals surface area contributed by atoms with Gasteiger partial charge in [-0.25, -0.2) is 0 Å². The molecule has 0 aliphatic carbocycles. The van der Waals surface area contributed by atoms with Crippen LogP contribution in [0.2, 0.25) is 0 Å². The molecule has 0 amide bonds. The molecule has 0 bridgehead atoms. The van der Waals surface area contributed by atoms with E-state index in [2.05, 4.69) is 10.0 Å². The number of unbranched alkanes of at least 4 members (excludes halogenated alkanes) is 2. The highest BCUT2D eigenvalue weighted by Crippen LogP contribution is 2.27. The van der Waals surface area contributed by atoms with Gasteiger partial charge in [-0.3, -0.25) is 9.59 Å². The predicted octanol–water partition coefficient (Wildman–Crippen LogP) is -1.35. The lowest BCUT2D eigenvalue weighted by molar-refractivity contribution is -0.329. The molecule has 17 heteroatoms. The second-order valence-electron chi connectivity index (χ2n) is 9.59. The van der Waals surface area contributed by atoms with Crippen LogP contribution in [0.5, 0.6) is 0 Å². The topological polar surface area (TPSA) is 249 Å². The number of rotatable bonds is 16. The Morgan fingerprint density at radius 1 is 0.902 bits per heavy atom. The van der Waals surface area contributed by atoms with Crippen LogP contribution >= 0.6 is 0 Å². The number of methoxy groups -OCH3 is 2. The fourth-order valence-corrected chi connectivity index (χ4v) is 4.44. The minimum absolute atomic E-state index is 0.0651. The third-order valence-corrected chi connectivity index (χ3v) is 6.67. The molecule has 17 nitrogen and oxygen atoms in total. The second kappa shape index (κ2) is 17.7. The molecule has 5 N–H and O–H groups in total. The normalized spacial score (nSPS) is 34.3. The van der Waals surface area contributed by atoms with E-state index < -0.39 is 86.0 Å². The van der Waals surface area contributed by atoms with Gasteiger partial charge in [-0.15, -0.1) is 0 Å². The van der Waals surface area contributed by atoms with Gasteiger partial charge < -0.3 is 58.7 Å². The number of aliphatic hydroxyl groups is 5. The number of nitrogens with zero attached hydrogens (tertiary/aromatic N) is 3. The highest BCUT2D eigenvalue weighted by molar-refractivity contribution is 5.75. The quantitative estimate of drug-likeness (QED) is 0.0455. The van der Waals surface area contributed by atoms with Gasteiger partial charge in [0.2, 0.25) is 0 Å². The first-order valence-electron chi connectivity index (χ1n) is 13.3. The van der Waals surface area contributed by atoms with Crippen LogP contribution in [0.4, 0.5) is 0 Å². The molecule has 236 valence electrons. The molecule has 2 heterocycles. The lowest BCUT2D eigenvalue weighted by atomic mass is 9.98. The summed E-state index contributed by atoms with van der Waals surface area (Å²) in [5.74, 6) is -1.33. The molecular formula is C24H41N3O14. The van der Waals surface area contributed by atoms with Crippen molar-refractivity contribution in [3.63, 3.8) is 0 Å². The van der Waals surface area contributed by atoms with Gasteiger partial charge in [0.1, 0.15) is 48.8 Å². The summed E-state index contributed by atoms with van der Waals surface area (Å²) >= 11 is 0. The van der Waals surface area contributed by atoms with Crippen molar-refractivity contribution < 1.29 is 68.3 Å².